The van der Waals surface area contributed by atoms with Crippen LogP contribution in [0.5, 0.6) is 0 Å². The van der Waals surface area contributed by atoms with Crippen molar-refractivity contribution in [1.29, 1.82) is 0 Å². The standard InChI is InChI=1S/C21H26N2OS2/c1-4-14(2)13-17-15(3)26-20-18(17)19(24)22-21(23-20)25-12-8-11-16-9-6-5-7-10-16/h5-7,9-10,14H,4,8,11-13H2,1-3H3,(H,22,23,24)/t14-/m0/s1. The maximum Gasteiger partial charge on any atom is 0.260 e. The Morgan fingerprint density at radius 1 is 1.27 bits per heavy atom. The lowest BCUT2D eigenvalue weighted by Crippen LogP contribution is -2.11. The van der Waals surface area contributed by atoms with Crippen LogP contribution in [0, 0.1) is 12.8 Å². The van der Waals surface area contributed by atoms with Crippen LogP contribution in [0.4, 0.5) is 0 Å². The van der Waals surface area contributed by atoms with Crippen molar-refractivity contribution >= 4 is 33.3 Å². The number of rotatable bonds is 8. The molecule has 0 fully saturated rings. The second-order valence-corrected chi connectivity index (χ2v) is 9.13. The van der Waals surface area contributed by atoms with Gasteiger partial charge in [-0.3, -0.25) is 4.79 Å². The molecule has 5 heteroatoms. The first kappa shape index (κ1) is 19.2. The van der Waals surface area contributed by atoms with Crippen molar-refractivity contribution in [3.63, 3.8) is 0 Å². The van der Waals surface area contributed by atoms with Crippen LogP contribution in [0.3, 0.4) is 0 Å². The summed E-state index contributed by atoms with van der Waals surface area (Å²) < 4.78 is 0. The largest absolute Gasteiger partial charge is 0.301 e. The molecule has 3 nitrogen and oxygen atoms in total. The molecule has 0 saturated heterocycles. The fourth-order valence-corrected chi connectivity index (χ4v) is 4.97. The average molecular weight is 387 g/mol. The van der Waals surface area contributed by atoms with E-state index in [1.807, 2.05) is 6.07 Å². The summed E-state index contributed by atoms with van der Waals surface area (Å²) in [4.78, 5) is 22.5. The summed E-state index contributed by atoms with van der Waals surface area (Å²) in [5.74, 6) is 1.53. The Kier molecular flexibility index (Phi) is 6.54. The second-order valence-electron chi connectivity index (χ2n) is 6.84. The van der Waals surface area contributed by atoms with Gasteiger partial charge in [0.25, 0.3) is 5.56 Å². The van der Waals surface area contributed by atoms with Crippen molar-refractivity contribution in [1.82, 2.24) is 9.97 Å². The van der Waals surface area contributed by atoms with Gasteiger partial charge in [-0.25, -0.2) is 4.98 Å². The van der Waals surface area contributed by atoms with Crippen LogP contribution < -0.4 is 5.56 Å². The molecule has 0 aliphatic rings. The van der Waals surface area contributed by atoms with Crippen molar-refractivity contribution in [3.8, 4) is 0 Å². The molecule has 2 heterocycles. The van der Waals surface area contributed by atoms with Gasteiger partial charge in [0, 0.05) is 10.6 Å². The van der Waals surface area contributed by atoms with Crippen molar-refractivity contribution in [2.75, 3.05) is 5.75 Å². The van der Waals surface area contributed by atoms with Gasteiger partial charge in [0.1, 0.15) is 4.83 Å². The van der Waals surface area contributed by atoms with Crippen molar-refractivity contribution < 1.29 is 0 Å². The number of nitrogens with one attached hydrogen (secondary N) is 1. The molecule has 138 valence electrons. The zero-order valence-electron chi connectivity index (χ0n) is 15.7. The van der Waals surface area contributed by atoms with E-state index in [2.05, 4.69) is 50.0 Å². The Morgan fingerprint density at radius 2 is 2.04 bits per heavy atom. The summed E-state index contributed by atoms with van der Waals surface area (Å²) in [6, 6.07) is 10.5. The highest BCUT2D eigenvalue weighted by Crippen LogP contribution is 2.30. The van der Waals surface area contributed by atoms with Crippen molar-refractivity contribution in [3.05, 3.63) is 56.7 Å². The Morgan fingerprint density at radius 3 is 2.77 bits per heavy atom. The quantitative estimate of drug-likeness (QED) is 0.311. The van der Waals surface area contributed by atoms with Crippen LogP contribution in [-0.4, -0.2) is 15.7 Å². The summed E-state index contributed by atoms with van der Waals surface area (Å²) >= 11 is 3.29. The first-order valence-electron chi connectivity index (χ1n) is 9.27. The number of benzene rings is 1. The number of hydrogen-bond donors (Lipinski definition) is 1. The third-order valence-corrected chi connectivity index (χ3v) is 6.78. The molecule has 2 aromatic heterocycles. The van der Waals surface area contributed by atoms with E-state index in [-0.39, 0.29) is 5.56 Å². The molecular weight excluding hydrogens is 360 g/mol. The fraction of sp³-hybridized carbons (Fsp3) is 0.429. The number of thiophene rings is 1. The minimum atomic E-state index is 0.0169. The van der Waals surface area contributed by atoms with Crippen LogP contribution in [0.2, 0.25) is 0 Å². The van der Waals surface area contributed by atoms with Gasteiger partial charge in [0.05, 0.1) is 5.39 Å². The van der Waals surface area contributed by atoms with Crippen LogP contribution in [0.25, 0.3) is 10.2 Å². The van der Waals surface area contributed by atoms with Gasteiger partial charge in [0.15, 0.2) is 5.16 Å². The molecule has 3 aromatic rings. The normalized spacial score (nSPS) is 12.6. The molecule has 0 amide bonds. The molecule has 1 atom stereocenters. The third kappa shape index (κ3) is 4.57. The highest BCUT2D eigenvalue weighted by molar-refractivity contribution is 7.99. The zero-order valence-corrected chi connectivity index (χ0v) is 17.3. The van der Waals surface area contributed by atoms with E-state index in [9.17, 15) is 4.79 Å². The smallest absolute Gasteiger partial charge is 0.260 e. The Hall–Kier alpha value is -1.59. The number of hydrogen-bond acceptors (Lipinski definition) is 4. The highest BCUT2D eigenvalue weighted by Gasteiger charge is 2.16. The SMILES string of the molecule is CC[C@H](C)Cc1c(C)sc2nc(SCCCc3ccccc3)[nH]c(=O)c12. The minimum absolute atomic E-state index is 0.0169. The number of aryl methyl sites for hydroxylation is 2. The molecule has 1 aromatic carbocycles. The molecule has 0 spiro atoms. The van der Waals surface area contributed by atoms with E-state index in [4.69, 9.17) is 4.98 Å². The number of fused-ring (bicyclic) bond motifs is 1. The van der Waals surface area contributed by atoms with Crippen LogP contribution in [-0.2, 0) is 12.8 Å². The predicted molar refractivity (Wildman–Crippen MR) is 114 cm³/mol. The Balaban J connectivity index is 1.70. The molecule has 0 aliphatic heterocycles. The first-order chi connectivity index (χ1) is 12.6. The summed E-state index contributed by atoms with van der Waals surface area (Å²) in [5.41, 5.74) is 2.56. The minimum Gasteiger partial charge on any atom is -0.301 e. The lowest BCUT2D eigenvalue weighted by molar-refractivity contribution is 0.561. The van der Waals surface area contributed by atoms with Crippen LogP contribution in [0.15, 0.2) is 40.3 Å². The summed E-state index contributed by atoms with van der Waals surface area (Å²) in [6.07, 6.45) is 4.20. The van der Waals surface area contributed by atoms with E-state index in [1.54, 1.807) is 23.1 Å². The number of nitrogens with zero attached hydrogens (tertiary/aromatic N) is 1. The van der Waals surface area contributed by atoms with Gasteiger partial charge < -0.3 is 4.98 Å². The molecule has 0 radical (unpaired) electrons. The van der Waals surface area contributed by atoms with E-state index in [0.29, 0.717) is 5.92 Å². The van der Waals surface area contributed by atoms with Crippen LogP contribution >= 0.6 is 23.1 Å². The van der Waals surface area contributed by atoms with E-state index in [1.165, 1.54) is 16.0 Å². The molecule has 1 N–H and O–H groups in total. The average Bonchev–Trinajstić information content (AvgIpc) is 2.95. The molecule has 3 rings (SSSR count). The molecule has 0 saturated carbocycles. The number of thioether (sulfide) groups is 1. The summed E-state index contributed by atoms with van der Waals surface area (Å²) in [6.45, 7) is 6.54. The van der Waals surface area contributed by atoms with Gasteiger partial charge in [-0.15, -0.1) is 11.3 Å². The maximum atomic E-state index is 12.7. The van der Waals surface area contributed by atoms with Crippen molar-refractivity contribution in [2.45, 2.75) is 51.6 Å². The van der Waals surface area contributed by atoms with Gasteiger partial charge in [0.2, 0.25) is 0 Å². The lowest BCUT2D eigenvalue weighted by Gasteiger charge is -2.08. The van der Waals surface area contributed by atoms with E-state index >= 15 is 0 Å². The van der Waals surface area contributed by atoms with E-state index in [0.717, 1.165) is 46.8 Å². The first-order valence-corrected chi connectivity index (χ1v) is 11.1. The van der Waals surface area contributed by atoms with Gasteiger partial charge in [-0.1, -0.05) is 62.4 Å². The van der Waals surface area contributed by atoms with E-state index < -0.39 is 0 Å². The van der Waals surface area contributed by atoms with Gasteiger partial charge in [-0.2, -0.15) is 0 Å². The predicted octanol–water partition coefficient (Wildman–Crippen LogP) is 5.61. The van der Waals surface area contributed by atoms with Crippen molar-refractivity contribution in [2.24, 2.45) is 5.92 Å². The topological polar surface area (TPSA) is 45.8 Å². The maximum absolute atomic E-state index is 12.7. The number of H-pyrrole nitrogens is 1. The molecule has 0 aliphatic carbocycles. The molecule has 0 bridgehead atoms. The summed E-state index contributed by atoms with van der Waals surface area (Å²) in [5, 5.41) is 1.55. The molecule has 0 unspecified atom stereocenters. The van der Waals surface area contributed by atoms with Gasteiger partial charge >= 0.3 is 0 Å². The monoisotopic (exact) mass is 386 g/mol. The zero-order chi connectivity index (χ0) is 18.5. The third-order valence-electron chi connectivity index (χ3n) is 4.78. The van der Waals surface area contributed by atoms with Gasteiger partial charge in [-0.05, 0) is 43.2 Å². The molecular formula is C21H26N2OS2. The summed E-state index contributed by atoms with van der Waals surface area (Å²) in [7, 11) is 0. The Bertz CT molecular complexity index is 915. The molecule has 26 heavy (non-hydrogen) atoms. The second kappa shape index (κ2) is 8.87. The van der Waals surface area contributed by atoms with Crippen LogP contribution in [0.1, 0.15) is 42.7 Å². The fourth-order valence-electron chi connectivity index (χ4n) is 3.05. The number of aromatic nitrogens is 2. The number of aromatic amines is 1. The highest BCUT2D eigenvalue weighted by atomic mass is 32.2. The lowest BCUT2D eigenvalue weighted by atomic mass is 9.98. The Labute approximate surface area is 163 Å².